The van der Waals surface area contributed by atoms with Gasteiger partial charge in [0.15, 0.2) is 0 Å². The van der Waals surface area contributed by atoms with Gasteiger partial charge in [0.25, 0.3) is 5.91 Å². The Morgan fingerprint density at radius 1 is 0.907 bits per heavy atom. The normalized spacial score (nSPS) is 15.6. The van der Waals surface area contributed by atoms with Crippen molar-refractivity contribution in [1.82, 2.24) is 23.7 Å². The maximum absolute atomic E-state index is 14.4. The summed E-state index contributed by atoms with van der Waals surface area (Å²) in [5.41, 5.74) is 3.46. The SMILES string of the molecule is Cc1cc(N2CCN(C(=O)C(c3ccccc3)c3ccccc3)[C@H](C(=O)NS(=O)(=O)N(C)C)C2)n(Cc2ccccc2)n1. The molecule has 0 saturated carbocycles. The van der Waals surface area contributed by atoms with Crippen LogP contribution in [0.25, 0.3) is 0 Å². The lowest BCUT2D eigenvalue weighted by Gasteiger charge is -2.42. The molecule has 10 nitrogen and oxygen atoms in total. The molecule has 1 aromatic heterocycles. The van der Waals surface area contributed by atoms with Crippen LogP contribution in [0.1, 0.15) is 28.3 Å². The van der Waals surface area contributed by atoms with E-state index in [1.807, 2.05) is 114 Å². The van der Waals surface area contributed by atoms with Crippen LogP contribution in [0.3, 0.4) is 0 Å². The quantitative estimate of drug-likeness (QED) is 0.317. The fraction of sp³-hybridized carbons (Fsp3) is 0.281. The fourth-order valence-corrected chi connectivity index (χ4v) is 5.93. The monoisotopic (exact) mass is 600 g/mol. The smallest absolute Gasteiger partial charge is 0.303 e. The molecule has 0 aliphatic carbocycles. The standard InChI is InChI=1S/C32H36N6O4S/c1-24-21-29(38(33-24)22-25-13-7-4-8-14-25)36-19-20-37(28(23-36)31(39)34-43(41,42)35(2)3)32(40)30(26-15-9-5-10-16-26)27-17-11-6-12-18-27/h4-18,21,28,30H,19-20,22-23H2,1-3H3,(H,34,39)/t28-/m0/s1. The van der Waals surface area contributed by atoms with Gasteiger partial charge in [-0.2, -0.15) is 17.8 Å². The van der Waals surface area contributed by atoms with Gasteiger partial charge in [-0.05, 0) is 23.6 Å². The van der Waals surface area contributed by atoms with Gasteiger partial charge in [0.1, 0.15) is 11.9 Å². The summed E-state index contributed by atoms with van der Waals surface area (Å²) in [4.78, 5) is 31.7. The van der Waals surface area contributed by atoms with E-state index in [1.54, 1.807) is 0 Å². The molecule has 1 aliphatic heterocycles. The average molecular weight is 601 g/mol. The summed E-state index contributed by atoms with van der Waals surface area (Å²) in [6.07, 6.45) is 0. The fourth-order valence-electron chi connectivity index (χ4n) is 5.36. The maximum Gasteiger partial charge on any atom is 0.303 e. The van der Waals surface area contributed by atoms with Crippen LogP contribution in [0.2, 0.25) is 0 Å². The number of nitrogens with one attached hydrogen (secondary N) is 1. The van der Waals surface area contributed by atoms with Crippen molar-refractivity contribution >= 4 is 27.8 Å². The van der Waals surface area contributed by atoms with Gasteiger partial charge in [-0.3, -0.25) is 9.59 Å². The number of nitrogens with zero attached hydrogens (tertiary/aromatic N) is 5. The minimum Gasteiger partial charge on any atom is -0.352 e. The zero-order valence-corrected chi connectivity index (χ0v) is 25.3. The number of piperazine rings is 1. The van der Waals surface area contributed by atoms with E-state index in [4.69, 9.17) is 0 Å². The van der Waals surface area contributed by atoms with Crippen LogP contribution in [0.5, 0.6) is 0 Å². The second kappa shape index (κ2) is 12.8. The topological polar surface area (TPSA) is 108 Å². The Hall–Kier alpha value is -4.48. The van der Waals surface area contributed by atoms with Gasteiger partial charge in [0.05, 0.1) is 18.2 Å². The lowest BCUT2D eigenvalue weighted by molar-refractivity contribution is -0.140. The number of aryl methyl sites for hydroxylation is 1. The van der Waals surface area contributed by atoms with Crippen molar-refractivity contribution in [2.24, 2.45) is 0 Å². The highest BCUT2D eigenvalue weighted by Gasteiger charge is 2.41. The summed E-state index contributed by atoms with van der Waals surface area (Å²) in [7, 11) is -1.40. The molecule has 0 radical (unpaired) electrons. The molecule has 1 atom stereocenters. The van der Waals surface area contributed by atoms with Crippen LogP contribution in [-0.4, -0.2) is 79.0 Å². The summed E-state index contributed by atoms with van der Waals surface area (Å²) >= 11 is 0. The predicted molar refractivity (Wildman–Crippen MR) is 166 cm³/mol. The minimum absolute atomic E-state index is 0.0940. The zero-order chi connectivity index (χ0) is 30.6. The van der Waals surface area contributed by atoms with E-state index in [9.17, 15) is 18.0 Å². The van der Waals surface area contributed by atoms with E-state index in [0.29, 0.717) is 13.1 Å². The Morgan fingerprint density at radius 2 is 1.47 bits per heavy atom. The molecule has 2 heterocycles. The van der Waals surface area contributed by atoms with Crippen molar-refractivity contribution in [2.75, 3.05) is 38.6 Å². The Balaban J connectivity index is 1.50. The largest absolute Gasteiger partial charge is 0.352 e. The van der Waals surface area contributed by atoms with Gasteiger partial charge < -0.3 is 9.80 Å². The third kappa shape index (κ3) is 6.79. The van der Waals surface area contributed by atoms with Crippen molar-refractivity contribution in [2.45, 2.75) is 25.4 Å². The highest BCUT2D eigenvalue weighted by Crippen LogP contribution is 2.30. The van der Waals surface area contributed by atoms with E-state index in [0.717, 1.165) is 32.5 Å². The van der Waals surface area contributed by atoms with Crippen molar-refractivity contribution in [3.63, 3.8) is 0 Å². The van der Waals surface area contributed by atoms with Gasteiger partial charge in [0.2, 0.25) is 5.91 Å². The molecule has 2 amide bonds. The number of carbonyl (C=O) groups excluding carboxylic acids is 2. The van der Waals surface area contributed by atoms with Crippen LogP contribution in [0.4, 0.5) is 5.82 Å². The highest BCUT2D eigenvalue weighted by molar-refractivity contribution is 7.87. The molecule has 1 aliphatic rings. The molecule has 1 saturated heterocycles. The van der Waals surface area contributed by atoms with Gasteiger partial charge in [-0.25, -0.2) is 9.40 Å². The van der Waals surface area contributed by atoms with Crippen LogP contribution in [0.15, 0.2) is 97.1 Å². The Bertz CT molecular complexity index is 1620. The van der Waals surface area contributed by atoms with Gasteiger partial charge in [-0.15, -0.1) is 0 Å². The van der Waals surface area contributed by atoms with E-state index < -0.39 is 28.1 Å². The number of hydrogen-bond acceptors (Lipinski definition) is 6. The first-order chi connectivity index (χ1) is 20.6. The Morgan fingerprint density at radius 3 is 2.02 bits per heavy atom. The first-order valence-corrected chi connectivity index (χ1v) is 15.6. The second-order valence-electron chi connectivity index (χ2n) is 10.8. The number of aromatic nitrogens is 2. The second-order valence-corrected chi connectivity index (χ2v) is 12.7. The zero-order valence-electron chi connectivity index (χ0n) is 24.5. The number of anilines is 1. The highest BCUT2D eigenvalue weighted by atomic mass is 32.2. The molecule has 4 aromatic rings. The third-order valence-corrected chi connectivity index (χ3v) is 8.99. The summed E-state index contributed by atoms with van der Waals surface area (Å²) < 4.78 is 30.4. The summed E-state index contributed by atoms with van der Waals surface area (Å²) in [6.45, 7) is 3.18. The molecule has 1 fully saturated rings. The third-order valence-electron chi connectivity index (χ3n) is 7.57. The molecule has 224 valence electrons. The van der Waals surface area contributed by atoms with E-state index >= 15 is 0 Å². The first kappa shape index (κ1) is 30.0. The number of carbonyl (C=O) groups is 2. The molecule has 5 rings (SSSR count). The summed E-state index contributed by atoms with van der Waals surface area (Å²) in [6, 6.07) is 29.6. The molecular weight excluding hydrogens is 564 g/mol. The van der Waals surface area contributed by atoms with Crippen LogP contribution >= 0.6 is 0 Å². The number of hydrogen-bond donors (Lipinski definition) is 1. The van der Waals surface area contributed by atoms with Crippen molar-refractivity contribution in [1.29, 1.82) is 0 Å². The van der Waals surface area contributed by atoms with Crippen molar-refractivity contribution < 1.29 is 18.0 Å². The number of amides is 2. The van der Waals surface area contributed by atoms with Crippen molar-refractivity contribution in [3.05, 3.63) is 119 Å². The van der Waals surface area contributed by atoms with Gasteiger partial charge >= 0.3 is 10.2 Å². The molecule has 0 unspecified atom stereocenters. The lowest BCUT2D eigenvalue weighted by atomic mass is 9.89. The Labute approximate surface area is 252 Å². The van der Waals surface area contributed by atoms with Gasteiger partial charge in [0, 0.05) is 39.8 Å². The maximum atomic E-state index is 14.4. The summed E-state index contributed by atoms with van der Waals surface area (Å²) in [5, 5.41) is 4.69. The van der Waals surface area contributed by atoms with Crippen LogP contribution in [0, 0.1) is 6.92 Å². The first-order valence-electron chi connectivity index (χ1n) is 14.1. The summed E-state index contributed by atoms with van der Waals surface area (Å²) in [5.74, 6) is -0.907. The number of rotatable bonds is 9. The molecule has 43 heavy (non-hydrogen) atoms. The Kier molecular flexibility index (Phi) is 8.93. The van der Waals surface area contributed by atoms with Gasteiger partial charge in [-0.1, -0.05) is 91.0 Å². The molecule has 3 aromatic carbocycles. The van der Waals surface area contributed by atoms with E-state index in [-0.39, 0.29) is 19.0 Å². The average Bonchev–Trinajstić information content (AvgIpc) is 3.37. The number of benzene rings is 3. The van der Waals surface area contributed by atoms with Crippen LogP contribution in [-0.2, 0) is 26.3 Å². The molecule has 0 spiro atoms. The molecular formula is C32H36N6O4S. The predicted octanol–water partition coefficient (Wildman–Crippen LogP) is 3.01. The van der Waals surface area contributed by atoms with E-state index in [2.05, 4.69) is 9.82 Å². The molecule has 1 N–H and O–H groups in total. The van der Waals surface area contributed by atoms with Crippen molar-refractivity contribution in [3.8, 4) is 0 Å². The minimum atomic E-state index is -4.09. The lowest BCUT2D eigenvalue weighted by Crippen LogP contribution is -2.62. The van der Waals surface area contributed by atoms with Crippen LogP contribution < -0.4 is 9.62 Å². The van der Waals surface area contributed by atoms with E-state index in [1.165, 1.54) is 19.0 Å². The molecule has 0 bridgehead atoms. The molecule has 11 heteroatoms.